The number of aromatic nitrogens is 1. The molecule has 0 saturated carbocycles. The highest BCUT2D eigenvalue weighted by Gasteiger charge is 2.33. The van der Waals surface area contributed by atoms with Crippen LogP contribution in [0.2, 0.25) is 0 Å². The maximum Gasteiger partial charge on any atom is 0.262 e. The molecule has 2 amide bonds. The molecule has 1 aliphatic heterocycles. The van der Waals surface area contributed by atoms with Gasteiger partial charge < -0.3 is 19.9 Å². The van der Waals surface area contributed by atoms with Gasteiger partial charge in [-0.05, 0) is 23.8 Å². The number of benzene rings is 2. The maximum atomic E-state index is 13.1. The molecule has 2 aromatic carbocycles. The van der Waals surface area contributed by atoms with Gasteiger partial charge in [0, 0.05) is 24.1 Å². The molecule has 0 fully saturated rings. The van der Waals surface area contributed by atoms with Gasteiger partial charge in [0.05, 0.1) is 18.7 Å². The average Bonchev–Trinajstić information content (AvgIpc) is 3.09. The fourth-order valence-corrected chi connectivity index (χ4v) is 3.30. The van der Waals surface area contributed by atoms with E-state index >= 15 is 0 Å². The lowest BCUT2D eigenvalue weighted by Gasteiger charge is -2.34. The summed E-state index contributed by atoms with van der Waals surface area (Å²) >= 11 is 0. The molecular formula is C20H19N3O3. The van der Waals surface area contributed by atoms with Gasteiger partial charge in [-0.3, -0.25) is 9.59 Å². The number of H-pyrrole nitrogens is 1. The van der Waals surface area contributed by atoms with Crippen molar-refractivity contribution in [2.45, 2.75) is 12.5 Å². The number of amides is 2. The number of ether oxygens (including phenoxy) is 1. The monoisotopic (exact) mass is 349 g/mol. The third-order valence-electron chi connectivity index (χ3n) is 4.63. The molecule has 0 spiro atoms. The summed E-state index contributed by atoms with van der Waals surface area (Å²) < 4.78 is 5.76. The summed E-state index contributed by atoms with van der Waals surface area (Å²) in [7, 11) is 1.56. The van der Waals surface area contributed by atoms with E-state index in [1.54, 1.807) is 18.0 Å². The Hall–Kier alpha value is -3.28. The van der Waals surface area contributed by atoms with E-state index in [1.807, 2.05) is 48.7 Å². The van der Waals surface area contributed by atoms with E-state index in [0.717, 1.165) is 16.5 Å². The van der Waals surface area contributed by atoms with Crippen LogP contribution in [-0.2, 0) is 16.0 Å². The Morgan fingerprint density at radius 3 is 2.81 bits per heavy atom. The number of nitrogens with one attached hydrogen (secondary N) is 2. The van der Waals surface area contributed by atoms with Crippen molar-refractivity contribution in [3.8, 4) is 5.75 Å². The number of hydrogen-bond acceptors (Lipinski definition) is 3. The first-order valence-corrected chi connectivity index (χ1v) is 8.50. The quantitative estimate of drug-likeness (QED) is 0.762. The summed E-state index contributed by atoms with van der Waals surface area (Å²) in [5.41, 5.74) is 2.63. The Balaban J connectivity index is 1.64. The van der Waals surface area contributed by atoms with Crippen molar-refractivity contribution in [3.05, 3.63) is 60.3 Å². The van der Waals surface area contributed by atoms with Crippen LogP contribution in [0.5, 0.6) is 5.75 Å². The molecular weight excluding hydrogens is 330 g/mol. The molecule has 1 atom stereocenters. The molecule has 2 heterocycles. The molecule has 0 saturated heterocycles. The highest BCUT2D eigenvalue weighted by Crippen LogP contribution is 2.33. The number of carbonyl (C=O) groups is 2. The van der Waals surface area contributed by atoms with E-state index in [0.29, 0.717) is 11.4 Å². The number of carbonyl (C=O) groups excluding carboxylic acids is 2. The van der Waals surface area contributed by atoms with Crippen LogP contribution in [0, 0.1) is 0 Å². The van der Waals surface area contributed by atoms with Gasteiger partial charge in [0.1, 0.15) is 5.75 Å². The number of hydrogen-bond donors (Lipinski definition) is 2. The van der Waals surface area contributed by atoms with Crippen molar-refractivity contribution in [1.82, 2.24) is 10.3 Å². The van der Waals surface area contributed by atoms with Gasteiger partial charge in [-0.2, -0.15) is 0 Å². The topological polar surface area (TPSA) is 74.4 Å². The standard InChI is InChI=1S/C20H19N3O3/c1-21-20(25)18-12-23(16-8-4-5-9-17(16)26-18)19(24)10-13-11-22-15-7-3-2-6-14(13)15/h2-9,11,18,22H,10,12H2,1H3,(H,21,25)/t18-/m0/s1. The predicted octanol–water partition coefficient (Wildman–Crippen LogP) is 2.25. The smallest absolute Gasteiger partial charge is 0.262 e. The summed E-state index contributed by atoms with van der Waals surface area (Å²) in [5, 5.41) is 3.62. The van der Waals surface area contributed by atoms with Crippen LogP contribution >= 0.6 is 0 Å². The molecule has 1 aliphatic rings. The van der Waals surface area contributed by atoms with Crippen molar-refractivity contribution < 1.29 is 14.3 Å². The first-order valence-electron chi connectivity index (χ1n) is 8.50. The van der Waals surface area contributed by atoms with Gasteiger partial charge >= 0.3 is 0 Å². The normalized spacial score (nSPS) is 16.0. The van der Waals surface area contributed by atoms with E-state index in [9.17, 15) is 9.59 Å². The van der Waals surface area contributed by atoms with Gasteiger partial charge in [0.2, 0.25) is 5.91 Å². The van der Waals surface area contributed by atoms with Crippen LogP contribution in [0.3, 0.4) is 0 Å². The lowest BCUT2D eigenvalue weighted by atomic mass is 10.1. The number of nitrogens with zero attached hydrogens (tertiary/aromatic N) is 1. The average molecular weight is 349 g/mol. The predicted molar refractivity (Wildman–Crippen MR) is 99.3 cm³/mol. The molecule has 1 aromatic heterocycles. The number of anilines is 1. The van der Waals surface area contributed by atoms with Crippen LogP contribution in [0.4, 0.5) is 5.69 Å². The summed E-state index contributed by atoms with van der Waals surface area (Å²) in [5.74, 6) is 0.225. The first kappa shape index (κ1) is 16.2. The molecule has 0 bridgehead atoms. The number of para-hydroxylation sites is 3. The lowest BCUT2D eigenvalue weighted by molar-refractivity contribution is -0.127. The molecule has 0 radical (unpaired) electrons. The third-order valence-corrected chi connectivity index (χ3v) is 4.63. The molecule has 4 rings (SSSR count). The Bertz CT molecular complexity index is 979. The van der Waals surface area contributed by atoms with E-state index < -0.39 is 6.10 Å². The van der Waals surface area contributed by atoms with Crippen LogP contribution in [0.25, 0.3) is 10.9 Å². The van der Waals surface area contributed by atoms with E-state index in [2.05, 4.69) is 10.3 Å². The van der Waals surface area contributed by atoms with Crippen molar-refractivity contribution in [1.29, 1.82) is 0 Å². The Morgan fingerprint density at radius 2 is 1.96 bits per heavy atom. The molecule has 0 unspecified atom stereocenters. The molecule has 3 aromatic rings. The Morgan fingerprint density at radius 1 is 1.19 bits per heavy atom. The van der Waals surface area contributed by atoms with Crippen molar-refractivity contribution in [2.75, 3.05) is 18.5 Å². The number of fused-ring (bicyclic) bond motifs is 2. The maximum absolute atomic E-state index is 13.1. The van der Waals surface area contributed by atoms with Crippen molar-refractivity contribution in [2.24, 2.45) is 0 Å². The minimum absolute atomic E-state index is 0.0700. The molecule has 6 nitrogen and oxygen atoms in total. The number of rotatable bonds is 3. The second-order valence-corrected chi connectivity index (χ2v) is 6.23. The highest BCUT2D eigenvalue weighted by molar-refractivity contribution is 6.00. The first-order chi connectivity index (χ1) is 12.7. The van der Waals surface area contributed by atoms with Gasteiger partial charge in [-0.1, -0.05) is 30.3 Å². The van der Waals surface area contributed by atoms with Gasteiger partial charge in [-0.25, -0.2) is 0 Å². The SMILES string of the molecule is CNC(=O)[C@@H]1CN(C(=O)Cc2c[nH]c3ccccc23)c2ccccc2O1. The molecule has 26 heavy (non-hydrogen) atoms. The number of aromatic amines is 1. The van der Waals surface area contributed by atoms with Crippen LogP contribution in [-0.4, -0.2) is 36.5 Å². The highest BCUT2D eigenvalue weighted by atomic mass is 16.5. The molecule has 2 N–H and O–H groups in total. The summed E-state index contributed by atoms with van der Waals surface area (Å²) in [6.45, 7) is 0.192. The van der Waals surface area contributed by atoms with Gasteiger partial charge in [-0.15, -0.1) is 0 Å². The zero-order chi connectivity index (χ0) is 18.1. The minimum Gasteiger partial charge on any atom is -0.477 e. The van der Waals surface area contributed by atoms with Crippen LogP contribution in [0.1, 0.15) is 5.56 Å². The fourth-order valence-electron chi connectivity index (χ4n) is 3.30. The number of likely N-dealkylation sites (N-methyl/N-ethyl adjacent to an activating group) is 1. The van der Waals surface area contributed by atoms with Crippen molar-refractivity contribution in [3.63, 3.8) is 0 Å². The van der Waals surface area contributed by atoms with Crippen molar-refractivity contribution >= 4 is 28.4 Å². The zero-order valence-electron chi connectivity index (χ0n) is 14.4. The van der Waals surface area contributed by atoms with Gasteiger partial charge in [0.25, 0.3) is 5.91 Å². The lowest BCUT2D eigenvalue weighted by Crippen LogP contribution is -2.50. The second kappa shape index (κ2) is 6.55. The van der Waals surface area contributed by atoms with Crippen LogP contribution in [0.15, 0.2) is 54.7 Å². The summed E-state index contributed by atoms with van der Waals surface area (Å²) in [6.07, 6.45) is 1.39. The van der Waals surface area contributed by atoms with E-state index in [4.69, 9.17) is 4.74 Å². The van der Waals surface area contributed by atoms with E-state index in [-0.39, 0.29) is 24.8 Å². The Kier molecular flexibility index (Phi) is 4.08. The van der Waals surface area contributed by atoms with E-state index in [1.165, 1.54) is 0 Å². The zero-order valence-corrected chi connectivity index (χ0v) is 14.4. The third kappa shape index (κ3) is 2.79. The fraction of sp³-hybridized carbons (Fsp3) is 0.200. The Labute approximate surface area is 150 Å². The summed E-state index contributed by atoms with van der Waals surface area (Å²) in [6, 6.07) is 15.2. The molecule has 132 valence electrons. The van der Waals surface area contributed by atoms with Gasteiger partial charge in [0.15, 0.2) is 6.10 Å². The van der Waals surface area contributed by atoms with Crippen LogP contribution < -0.4 is 15.0 Å². The molecule has 6 heteroatoms. The summed E-state index contributed by atoms with van der Waals surface area (Å²) in [4.78, 5) is 29.9. The largest absolute Gasteiger partial charge is 0.477 e. The second-order valence-electron chi connectivity index (χ2n) is 6.23. The molecule has 0 aliphatic carbocycles. The minimum atomic E-state index is -0.721.